The second-order valence-corrected chi connectivity index (χ2v) is 4.30. The summed E-state index contributed by atoms with van der Waals surface area (Å²) in [5, 5.41) is 11.3. The molecule has 0 spiro atoms. The monoisotopic (exact) mass is 286 g/mol. The fourth-order valence-electron chi connectivity index (χ4n) is 1.60. The number of amides is 2. The predicted molar refractivity (Wildman–Crippen MR) is 68.7 cm³/mol. The number of hydrogen-bond acceptors (Lipinski definition) is 2. The van der Waals surface area contributed by atoms with Gasteiger partial charge in [-0.05, 0) is 5.56 Å². The van der Waals surface area contributed by atoms with Crippen molar-refractivity contribution in [1.29, 1.82) is 0 Å². The Hall–Kier alpha value is -2.18. The van der Waals surface area contributed by atoms with Crippen LogP contribution in [0.1, 0.15) is 5.56 Å². The maximum absolute atomic E-state index is 12.2. The third kappa shape index (κ3) is 5.21. The third-order valence-electron chi connectivity index (χ3n) is 2.64. The summed E-state index contributed by atoms with van der Waals surface area (Å²) in [4.78, 5) is 23.5. The molecule has 0 aliphatic carbocycles. The van der Waals surface area contributed by atoms with Gasteiger partial charge < -0.3 is 15.3 Å². The van der Waals surface area contributed by atoms with Crippen LogP contribution < -0.4 is 5.32 Å². The number of nitrogens with one attached hydrogen (secondary N) is 1. The lowest BCUT2D eigenvalue weighted by molar-refractivity contribution is -0.139. The minimum absolute atomic E-state index is 0.0877. The highest BCUT2D eigenvalue weighted by Gasteiger charge is 2.23. The van der Waals surface area contributed by atoms with Crippen LogP contribution in [-0.4, -0.2) is 48.1 Å². The first-order valence-electron chi connectivity index (χ1n) is 5.96. The minimum atomic E-state index is -2.66. The summed E-state index contributed by atoms with van der Waals surface area (Å²) >= 11 is 0. The summed E-state index contributed by atoms with van der Waals surface area (Å²) in [5.41, 5.74) is 0.733. The first-order valence-corrected chi connectivity index (χ1v) is 5.96. The first-order chi connectivity index (χ1) is 9.40. The predicted octanol–water partition coefficient (Wildman–Crippen LogP) is 1.59. The van der Waals surface area contributed by atoms with Gasteiger partial charge in [0.05, 0.1) is 6.54 Å². The molecule has 0 saturated carbocycles. The molecule has 20 heavy (non-hydrogen) atoms. The standard InChI is InChI=1S/C13H16F2N2O3/c1-17(8-11(14)15)13(20)16-10(12(18)19)7-9-5-3-2-4-6-9/h2-6,10-11H,7-8H2,1H3,(H,16,20)(H,18,19). The molecule has 1 aromatic rings. The van der Waals surface area contributed by atoms with Crippen LogP contribution in [0.5, 0.6) is 0 Å². The molecule has 0 aliphatic rings. The van der Waals surface area contributed by atoms with Crippen molar-refractivity contribution in [2.45, 2.75) is 18.9 Å². The molecule has 0 heterocycles. The normalized spacial score (nSPS) is 12.0. The SMILES string of the molecule is CN(CC(F)F)C(=O)NC(Cc1ccccc1)C(=O)O. The van der Waals surface area contributed by atoms with Crippen molar-refractivity contribution in [1.82, 2.24) is 10.2 Å². The maximum atomic E-state index is 12.2. The average Bonchev–Trinajstić information content (AvgIpc) is 2.38. The molecule has 2 amide bonds. The lowest BCUT2D eigenvalue weighted by Crippen LogP contribution is -2.48. The molecule has 0 saturated heterocycles. The number of carboxylic acid groups (broad SMARTS) is 1. The number of carbonyl (C=O) groups excluding carboxylic acids is 1. The van der Waals surface area contributed by atoms with Crippen LogP contribution in [0, 0.1) is 0 Å². The second kappa shape index (κ2) is 7.42. The number of nitrogens with zero attached hydrogens (tertiary/aromatic N) is 1. The quantitative estimate of drug-likeness (QED) is 0.834. The molecule has 0 aromatic heterocycles. The Balaban J connectivity index is 2.64. The van der Waals surface area contributed by atoms with Crippen LogP contribution in [0.15, 0.2) is 30.3 Å². The third-order valence-corrected chi connectivity index (χ3v) is 2.64. The Morgan fingerprint density at radius 2 is 1.90 bits per heavy atom. The first kappa shape index (κ1) is 15.9. The van der Waals surface area contributed by atoms with E-state index in [1.54, 1.807) is 30.3 Å². The number of hydrogen-bond donors (Lipinski definition) is 2. The van der Waals surface area contributed by atoms with E-state index in [4.69, 9.17) is 5.11 Å². The van der Waals surface area contributed by atoms with Gasteiger partial charge in [0, 0.05) is 13.5 Å². The van der Waals surface area contributed by atoms with E-state index in [9.17, 15) is 18.4 Å². The van der Waals surface area contributed by atoms with Crippen molar-refractivity contribution in [3.63, 3.8) is 0 Å². The van der Waals surface area contributed by atoms with Crippen LogP contribution in [-0.2, 0) is 11.2 Å². The summed E-state index contributed by atoms with van der Waals surface area (Å²) in [5.74, 6) is -1.22. The molecular weight excluding hydrogens is 270 g/mol. The van der Waals surface area contributed by atoms with Crippen molar-refractivity contribution in [3.8, 4) is 0 Å². The number of alkyl halides is 2. The number of aliphatic carboxylic acids is 1. The van der Waals surface area contributed by atoms with Gasteiger partial charge in [-0.3, -0.25) is 0 Å². The number of carboxylic acids is 1. The Bertz CT molecular complexity index is 454. The molecule has 1 aromatic carbocycles. The molecule has 0 fully saturated rings. The number of carbonyl (C=O) groups is 2. The zero-order chi connectivity index (χ0) is 15.1. The molecule has 2 N–H and O–H groups in total. The highest BCUT2D eigenvalue weighted by molar-refractivity contribution is 5.82. The molecule has 1 unspecified atom stereocenters. The van der Waals surface area contributed by atoms with Gasteiger partial charge in [-0.2, -0.15) is 0 Å². The minimum Gasteiger partial charge on any atom is -0.480 e. The van der Waals surface area contributed by atoms with Crippen LogP contribution in [0.4, 0.5) is 13.6 Å². The van der Waals surface area contributed by atoms with Crippen molar-refractivity contribution >= 4 is 12.0 Å². The van der Waals surface area contributed by atoms with Crippen LogP contribution in [0.2, 0.25) is 0 Å². The molecule has 5 nitrogen and oxygen atoms in total. The number of benzene rings is 1. The molecule has 1 rings (SSSR count). The lowest BCUT2D eigenvalue weighted by Gasteiger charge is -2.21. The summed E-state index contributed by atoms with van der Waals surface area (Å²) in [6.45, 7) is -0.747. The van der Waals surface area contributed by atoms with Crippen molar-refractivity contribution < 1.29 is 23.5 Å². The highest BCUT2D eigenvalue weighted by atomic mass is 19.3. The summed E-state index contributed by atoms with van der Waals surface area (Å²) in [7, 11) is 1.18. The van der Waals surface area contributed by atoms with E-state index < -0.39 is 31.0 Å². The fraction of sp³-hybridized carbons (Fsp3) is 0.385. The van der Waals surface area contributed by atoms with Gasteiger partial charge in [-0.15, -0.1) is 0 Å². The Morgan fingerprint density at radius 3 is 2.40 bits per heavy atom. The lowest BCUT2D eigenvalue weighted by atomic mass is 10.1. The summed E-state index contributed by atoms with van der Waals surface area (Å²) in [6, 6.07) is 6.74. The highest BCUT2D eigenvalue weighted by Crippen LogP contribution is 2.04. The number of halogens is 2. The molecule has 110 valence electrons. The smallest absolute Gasteiger partial charge is 0.326 e. The molecule has 0 radical (unpaired) electrons. The van der Waals surface area contributed by atoms with E-state index >= 15 is 0 Å². The number of rotatable bonds is 6. The Labute approximate surface area is 115 Å². The van der Waals surface area contributed by atoms with E-state index in [0.717, 1.165) is 10.5 Å². The van der Waals surface area contributed by atoms with Gasteiger partial charge in [-0.1, -0.05) is 30.3 Å². The summed E-state index contributed by atoms with van der Waals surface area (Å²) < 4.78 is 24.3. The molecule has 0 aliphatic heterocycles. The van der Waals surface area contributed by atoms with E-state index in [2.05, 4.69) is 5.32 Å². The average molecular weight is 286 g/mol. The van der Waals surface area contributed by atoms with E-state index in [1.165, 1.54) is 7.05 Å². The van der Waals surface area contributed by atoms with Crippen LogP contribution in [0.25, 0.3) is 0 Å². The Kier molecular flexibility index (Phi) is 5.89. The topological polar surface area (TPSA) is 69.6 Å². The van der Waals surface area contributed by atoms with Crippen molar-refractivity contribution in [3.05, 3.63) is 35.9 Å². The number of urea groups is 1. The summed E-state index contributed by atoms with van der Waals surface area (Å²) in [6.07, 6.45) is -2.58. The molecule has 7 heteroatoms. The van der Waals surface area contributed by atoms with Crippen molar-refractivity contribution in [2.24, 2.45) is 0 Å². The van der Waals surface area contributed by atoms with Gasteiger partial charge in [0.2, 0.25) is 0 Å². The van der Waals surface area contributed by atoms with Crippen molar-refractivity contribution in [2.75, 3.05) is 13.6 Å². The van der Waals surface area contributed by atoms with Gasteiger partial charge in [0.15, 0.2) is 0 Å². The fourth-order valence-corrected chi connectivity index (χ4v) is 1.60. The zero-order valence-electron chi connectivity index (χ0n) is 10.9. The Morgan fingerprint density at radius 1 is 1.30 bits per heavy atom. The molecule has 1 atom stereocenters. The van der Waals surface area contributed by atoms with E-state index in [0.29, 0.717) is 0 Å². The van der Waals surface area contributed by atoms with Gasteiger partial charge >= 0.3 is 12.0 Å². The van der Waals surface area contributed by atoms with Crippen LogP contribution >= 0.6 is 0 Å². The largest absolute Gasteiger partial charge is 0.480 e. The zero-order valence-corrected chi connectivity index (χ0v) is 10.9. The maximum Gasteiger partial charge on any atom is 0.326 e. The van der Waals surface area contributed by atoms with Gasteiger partial charge in [0.25, 0.3) is 6.43 Å². The van der Waals surface area contributed by atoms with E-state index in [1.807, 2.05) is 0 Å². The molecule has 0 bridgehead atoms. The van der Waals surface area contributed by atoms with Gasteiger partial charge in [-0.25, -0.2) is 18.4 Å². The second-order valence-electron chi connectivity index (χ2n) is 4.30. The van der Waals surface area contributed by atoms with Gasteiger partial charge in [0.1, 0.15) is 6.04 Å². The molecular formula is C13H16F2N2O3. The van der Waals surface area contributed by atoms with Crippen LogP contribution in [0.3, 0.4) is 0 Å². The van der Waals surface area contributed by atoms with E-state index in [-0.39, 0.29) is 6.42 Å².